The van der Waals surface area contributed by atoms with Gasteiger partial charge in [-0.3, -0.25) is 9.36 Å². The predicted octanol–water partition coefficient (Wildman–Crippen LogP) is 2.69. The standard InChI is InChI=1S/C16H15N3O2/c1-4-12-5-7-13(8-6-12)9-19-11(3)17-15-14(16(19)20)10(2)18-21-15/h4-8H,1,9H2,2-3H3. The smallest absolute Gasteiger partial charge is 0.267 e. The van der Waals surface area contributed by atoms with Gasteiger partial charge in [-0.25, -0.2) is 0 Å². The summed E-state index contributed by atoms with van der Waals surface area (Å²) in [6, 6.07) is 7.90. The summed E-state index contributed by atoms with van der Waals surface area (Å²) in [5, 5.41) is 4.25. The summed E-state index contributed by atoms with van der Waals surface area (Å²) >= 11 is 0. The minimum atomic E-state index is -0.121. The summed E-state index contributed by atoms with van der Waals surface area (Å²) in [5.74, 6) is 0.608. The predicted molar refractivity (Wildman–Crippen MR) is 81.2 cm³/mol. The first-order valence-corrected chi connectivity index (χ1v) is 6.65. The molecule has 1 aromatic carbocycles. The maximum Gasteiger partial charge on any atom is 0.267 e. The average Bonchev–Trinajstić information content (AvgIpc) is 2.85. The van der Waals surface area contributed by atoms with Crippen LogP contribution in [0.15, 0.2) is 40.2 Å². The Morgan fingerprint density at radius 2 is 2.00 bits per heavy atom. The molecule has 0 unspecified atom stereocenters. The average molecular weight is 281 g/mol. The minimum absolute atomic E-state index is 0.121. The molecule has 0 saturated heterocycles. The summed E-state index contributed by atoms with van der Waals surface area (Å²) in [5.41, 5.74) is 2.82. The van der Waals surface area contributed by atoms with E-state index in [4.69, 9.17) is 4.52 Å². The van der Waals surface area contributed by atoms with Crippen molar-refractivity contribution >= 4 is 17.2 Å². The van der Waals surface area contributed by atoms with E-state index in [9.17, 15) is 4.79 Å². The number of benzene rings is 1. The summed E-state index contributed by atoms with van der Waals surface area (Å²) in [4.78, 5) is 16.9. The lowest BCUT2D eigenvalue weighted by molar-refractivity contribution is 0.441. The van der Waals surface area contributed by atoms with Crippen molar-refractivity contribution in [3.63, 3.8) is 0 Å². The molecule has 21 heavy (non-hydrogen) atoms. The number of hydrogen-bond donors (Lipinski definition) is 0. The number of fused-ring (bicyclic) bond motifs is 1. The maximum atomic E-state index is 12.6. The van der Waals surface area contributed by atoms with Gasteiger partial charge in [0.15, 0.2) is 0 Å². The van der Waals surface area contributed by atoms with E-state index >= 15 is 0 Å². The third-order valence-corrected chi connectivity index (χ3v) is 3.51. The molecule has 5 heteroatoms. The second-order valence-electron chi connectivity index (χ2n) is 4.94. The van der Waals surface area contributed by atoms with E-state index in [-0.39, 0.29) is 5.56 Å². The van der Waals surface area contributed by atoms with Gasteiger partial charge in [-0.15, -0.1) is 0 Å². The van der Waals surface area contributed by atoms with Crippen molar-refractivity contribution in [3.05, 3.63) is 63.8 Å². The zero-order valence-electron chi connectivity index (χ0n) is 12.0. The second kappa shape index (κ2) is 5.01. The summed E-state index contributed by atoms with van der Waals surface area (Å²) in [6.45, 7) is 7.73. The van der Waals surface area contributed by atoms with E-state index in [2.05, 4.69) is 16.7 Å². The van der Waals surface area contributed by atoms with Crippen molar-refractivity contribution in [2.24, 2.45) is 0 Å². The molecule has 0 amide bonds. The zero-order chi connectivity index (χ0) is 15.0. The Bertz CT molecular complexity index is 873. The van der Waals surface area contributed by atoms with Crippen molar-refractivity contribution in [1.82, 2.24) is 14.7 Å². The van der Waals surface area contributed by atoms with Gasteiger partial charge in [0.05, 0.1) is 12.2 Å². The highest BCUT2D eigenvalue weighted by atomic mass is 16.5. The molecule has 2 aromatic heterocycles. The molecule has 0 atom stereocenters. The van der Waals surface area contributed by atoms with Crippen molar-refractivity contribution < 1.29 is 4.52 Å². The zero-order valence-corrected chi connectivity index (χ0v) is 12.0. The molecule has 0 aliphatic heterocycles. The number of nitrogens with zero attached hydrogens (tertiary/aromatic N) is 3. The van der Waals surface area contributed by atoms with E-state index in [1.165, 1.54) is 0 Å². The molecule has 0 saturated carbocycles. The quantitative estimate of drug-likeness (QED) is 0.740. The summed E-state index contributed by atoms with van der Waals surface area (Å²) in [7, 11) is 0. The molecule has 3 rings (SSSR count). The Balaban J connectivity index is 2.09. The topological polar surface area (TPSA) is 60.9 Å². The van der Waals surface area contributed by atoms with Crippen LogP contribution in [0, 0.1) is 13.8 Å². The van der Waals surface area contributed by atoms with Crippen LogP contribution in [-0.4, -0.2) is 14.7 Å². The Morgan fingerprint density at radius 3 is 2.67 bits per heavy atom. The van der Waals surface area contributed by atoms with Crippen molar-refractivity contribution in [2.45, 2.75) is 20.4 Å². The van der Waals surface area contributed by atoms with Gasteiger partial charge in [-0.05, 0) is 25.0 Å². The molecule has 0 aliphatic carbocycles. The van der Waals surface area contributed by atoms with Crippen molar-refractivity contribution in [1.29, 1.82) is 0 Å². The normalized spacial score (nSPS) is 11.0. The second-order valence-corrected chi connectivity index (χ2v) is 4.94. The Hall–Kier alpha value is -2.69. The van der Waals surface area contributed by atoms with Gasteiger partial charge in [0, 0.05) is 0 Å². The first-order valence-electron chi connectivity index (χ1n) is 6.65. The fourth-order valence-electron chi connectivity index (χ4n) is 2.30. The van der Waals surface area contributed by atoms with Gasteiger partial charge in [0.2, 0.25) is 0 Å². The molecular formula is C16H15N3O2. The highest BCUT2D eigenvalue weighted by Crippen LogP contribution is 2.13. The van der Waals surface area contributed by atoms with E-state index in [0.29, 0.717) is 29.2 Å². The van der Waals surface area contributed by atoms with Gasteiger partial charge in [0.1, 0.15) is 11.2 Å². The highest BCUT2D eigenvalue weighted by molar-refractivity contribution is 5.74. The van der Waals surface area contributed by atoms with Gasteiger partial charge in [-0.2, -0.15) is 4.98 Å². The van der Waals surface area contributed by atoms with E-state index in [0.717, 1.165) is 11.1 Å². The molecule has 0 radical (unpaired) electrons. The van der Waals surface area contributed by atoms with Crippen LogP contribution in [0.2, 0.25) is 0 Å². The SMILES string of the molecule is C=Cc1ccc(Cn2c(C)nc3onc(C)c3c2=O)cc1. The van der Waals surface area contributed by atoms with Crippen LogP contribution in [0.5, 0.6) is 0 Å². The molecule has 0 N–H and O–H groups in total. The highest BCUT2D eigenvalue weighted by Gasteiger charge is 2.14. The van der Waals surface area contributed by atoms with Crippen LogP contribution in [-0.2, 0) is 6.54 Å². The van der Waals surface area contributed by atoms with Crippen molar-refractivity contribution in [3.8, 4) is 0 Å². The molecule has 0 spiro atoms. The first kappa shape index (κ1) is 13.3. The lowest BCUT2D eigenvalue weighted by Gasteiger charge is -2.09. The fraction of sp³-hybridized carbons (Fsp3) is 0.188. The van der Waals surface area contributed by atoms with Gasteiger partial charge >= 0.3 is 0 Å². The monoisotopic (exact) mass is 281 g/mol. The lowest BCUT2D eigenvalue weighted by atomic mass is 10.1. The first-order chi connectivity index (χ1) is 10.1. The van der Waals surface area contributed by atoms with E-state index < -0.39 is 0 Å². The third-order valence-electron chi connectivity index (χ3n) is 3.51. The summed E-state index contributed by atoms with van der Waals surface area (Å²) < 4.78 is 6.69. The largest absolute Gasteiger partial charge is 0.335 e. The van der Waals surface area contributed by atoms with Gasteiger partial charge < -0.3 is 4.52 Å². The molecular weight excluding hydrogens is 266 g/mol. The van der Waals surface area contributed by atoms with Crippen LogP contribution in [0.25, 0.3) is 17.2 Å². The fourth-order valence-corrected chi connectivity index (χ4v) is 2.30. The van der Waals surface area contributed by atoms with Gasteiger partial charge in [-0.1, -0.05) is 42.1 Å². The maximum absolute atomic E-state index is 12.6. The third kappa shape index (κ3) is 2.27. The Kier molecular flexibility index (Phi) is 3.17. The van der Waals surface area contributed by atoms with Crippen LogP contribution in [0.1, 0.15) is 22.6 Å². The molecule has 0 fully saturated rings. The lowest BCUT2D eigenvalue weighted by Crippen LogP contribution is -2.24. The molecule has 0 bridgehead atoms. The summed E-state index contributed by atoms with van der Waals surface area (Å²) in [6.07, 6.45) is 1.79. The molecule has 106 valence electrons. The van der Waals surface area contributed by atoms with E-state index in [1.807, 2.05) is 24.3 Å². The molecule has 0 aliphatic rings. The minimum Gasteiger partial charge on any atom is -0.335 e. The Morgan fingerprint density at radius 1 is 1.29 bits per heavy atom. The van der Waals surface area contributed by atoms with Crippen molar-refractivity contribution in [2.75, 3.05) is 0 Å². The molecule has 3 aromatic rings. The number of hydrogen-bond acceptors (Lipinski definition) is 4. The molecule has 2 heterocycles. The number of aromatic nitrogens is 3. The van der Waals surface area contributed by atoms with Crippen LogP contribution in [0.4, 0.5) is 0 Å². The Labute approximate surface area is 121 Å². The van der Waals surface area contributed by atoms with Crippen LogP contribution in [0.3, 0.4) is 0 Å². The van der Waals surface area contributed by atoms with Crippen LogP contribution < -0.4 is 5.56 Å². The number of aryl methyl sites for hydroxylation is 2. The van der Waals surface area contributed by atoms with E-state index in [1.54, 1.807) is 24.5 Å². The van der Waals surface area contributed by atoms with Gasteiger partial charge in [0.25, 0.3) is 11.3 Å². The number of rotatable bonds is 3. The van der Waals surface area contributed by atoms with Crippen LogP contribution >= 0.6 is 0 Å². The molecule has 5 nitrogen and oxygen atoms in total.